The van der Waals surface area contributed by atoms with Crippen LogP contribution in [0, 0.1) is 5.82 Å². The largest absolute Gasteiger partial charge is 0.497 e. The van der Waals surface area contributed by atoms with Gasteiger partial charge < -0.3 is 10.5 Å². The standard InChI is InChI=1S/C16H16FN3OS/c1-21-14-7-8-15(17)13(9-14)10-19-20-16(18)22-11-12-5-3-2-4-6-12/h2-10H,11H2,1H3,(H2,18,20). The highest BCUT2D eigenvalue weighted by atomic mass is 32.2. The molecule has 0 aliphatic rings. The maximum atomic E-state index is 13.6. The van der Waals surface area contributed by atoms with Gasteiger partial charge in [0.15, 0.2) is 5.17 Å². The van der Waals surface area contributed by atoms with Gasteiger partial charge in [0.25, 0.3) is 0 Å². The van der Waals surface area contributed by atoms with E-state index in [2.05, 4.69) is 10.2 Å². The van der Waals surface area contributed by atoms with Gasteiger partial charge in [0.05, 0.1) is 13.3 Å². The zero-order valence-corrected chi connectivity index (χ0v) is 12.9. The summed E-state index contributed by atoms with van der Waals surface area (Å²) in [6.07, 6.45) is 1.31. The lowest BCUT2D eigenvalue weighted by Crippen LogP contribution is -2.06. The zero-order chi connectivity index (χ0) is 15.8. The maximum absolute atomic E-state index is 13.6. The molecule has 0 aromatic heterocycles. The molecule has 0 fully saturated rings. The van der Waals surface area contributed by atoms with E-state index in [0.717, 1.165) is 5.56 Å². The SMILES string of the molecule is COc1ccc(F)c(C=NN=C(N)SCc2ccccc2)c1. The molecule has 0 unspecified atom stereocenters. The fourth-order valence-electron chi connectivity index (χ4n) is 1.66. The van der Waals surface area contributed by atoms with Crippen molar-refractivity contribution in [3.8, 4) is 5.75 Å². The van der Waals surface area contributed by atoms with E-state index >= 15 is 0 Å². The second kappa shape index (κ2) is 8.19. The van der Waals surface area contributed by atoms with Crippen LogP contribution in [0.2, 0.25) is 0 Å². The van der Waals surface area contributed by atoms with Crippen LogP contribution in [-0.2, 0) is 5.75 Å². The van der Waals surface area contributed by atoms with Crippen LogP contribution >= 0.6 is 11.8 Å². The number of amidine groups is 1. The van der Waals surface area contributed by atoms with Crippen molar-refractivity contribution in [1.29, 1.82) is 0 Å². The summed E-state index contributed by atoms with van der Waals surface area (Å²) in [5.41, 5.74) is 7.20. The van der Waals surface area contributed by atoms with Gasteiger partial charge in [0, 0.05) is 11.3 Å². The van der Waals surface area contributed by atoms with E-state index in [1.807, 2.05) is 30.3 Å². The van der Waals surface area contributed by atoms with E-state index in [1.54, 1.807) is 12.1 Å². The van der Waals surface area contributed by atoms with Crippen LogP contribution in [0.15, 0.2) is 58.7 Å². The molecule has 2 aromatic carbocycles. The number of hydrogen-bond acceptors (Lipinski definition) is 4. The van der Waals surface area contributed by atoms with Crippen LogP contribution in [-0.4, -0.2) is 18.5 Å². The van der Waals surface area contributed by atoms with Gasteiger partial charge >= 0.3 is 0 Å². The van der Waals surface area contributed by atoms with Gasteiger partial charge in [-0.1, -0.05) is 42.1 Å². The molecule has 0 aliphatic heterocycles. The van der Waals surface area contributed by atoms with Crippen LogP contribution in [0.25, 0.3) is 0 Å². The summed E-state index contributed by atoms with van der Waals surface area (Å²) in [6.45, 7) is 0. The summed E-state index contributed by atoms with van der Waals surface area (Å²) in [6, 6.07) is 14.3. The smallest absolute Gasteiger partial charge is 0.180 e. The third-order valence-electron chi connectivity index (χ3n) is 2.79. The van der Waals surface area contributed by atoms with Gasteiger partial charge in [0.1, 0.15) is 11.6 Å². The molecule has 0 amide bonds. The minimum Gasteiger partial charge on any atom is -0.497 e. The molecule has 114 valence electrons. The van der Waals surface area contributed by atoms with Gasteiger partial charge in [-0.25, -0.2) is 4.39 Å². The highest BCUT2D eigenvalue weighted by molar-refractivity contribution is 8.13. The molecule has 0 saturated carbocycles. The second-order valence-electron chi connectivity index (χ2n) is 4.34. The minimum atomic E-state index is -0.393. The summed E-state index contributed by atoms with van der Waals surface area (Å²) >= 11 is 1.37. The number of hydrogen-bond donors (Lipinski definition) is 1. The molecule has 0 aliphatic carbocycles. The van der Waals surface area contributed by atoms with Gasteiger partial charge in [-0.05, 0) is 23.8 Å². The molecule has 0 spiro atoms. The number of nitrogens with zero attached hydrogens (tertiary/aromatic N) is 2. The molecule has 4 nitrogen and oxygen atoms in total. The molecular formula is C16H16FN3OS. The van der Waals surface area contributed by atoms with Crippen molar-refractivity contribution in [2.24, 2.45) is 15.9 Å². The number of halogens is 1. The lowest BCUT2D eigenvalue weighted by atomic mass is 10.2. The lowest BCUT2D eigenvalue weighted by Gasteiger charge is -2.01. The Bertz CT molecular complexity index is 674. The monoisotopic (exact) mass is 317 g/mol. The Morgan fingerprint density at radius 3 is 2.77 bits per heavy atom. The zero-order valence-electron chi connectivity index (χ0n) is 12.1. The van der Waals surface area contributed by atoms with Crippen molar-refractivity contribution in [3.05, 3.63) is 65.5 Å². The van der Waals surface area contributed by atoms with E-state index in [-0.39, 0.29) is 0 Å². The van der Waals surface area contributed by atoms with E-state index in [4.69, 9.17) is 10.5 Å². The molecule has 2 N–H and O–H groups in total. The summed E-state index contributed by atoms with van der Waals surface area (Å²) in [5.74, 6) is 0.868. The molecular weight excluding hydrogens is 301 g/mol. The Kier molecular flexibility index (Phi) is 5.97. The van der Waals surface area contributed by atoms with Crippen molar-refractivity contribution in [3.63, 3.8) is 0 Å². The fraction of sp³-hybridized carbons (Fsp3) is 0.125. The van der Waals surface area contributed by atoms with Crippen molar-refractivity contribution < 1.29 is 9.13 Å². The van der Waals surface area contributed by atoms with Gasteiger partial charge in [0.2, 0.25) is 0 Å². The Morgan fingerprint density at radius 2 is 2.05 bits per heavy atom. The molecule has 2 aromatic rings. The fourth-order valence-corrected chi connectivity index (χ4v) is 2.27. The first-order valence-corrected chi connectivity index (χ1v) is 7.54. The lowest BCUT2D eigenvalue weighted by molar-refractivity contribution is 0.413. The molecule has 2 rings (SSSR count). The van der Waals surface area contributed by atoms with Crippen LogP contribution < -0.4 is 10.5 Å². The predicted octanol–water partition coefficient (Wildman–Crippen LogP) is 3.42. The number of rotatable bonds is 5. The number of nitrogens with two attached hydrogens (primary N) is 1. The Labute approximate surface area is 132 Å². The Morgan fingerprint density at radius 1 is 1.27 bits per heavy atom. The number of thioether (sulfide) groups is 1. The third kappa shape index (κ3) is 4.89. The molecule has 6 heteroatoms. The first kappa shape index (κ1) is 16.0. The molecule has 0 bridgehead atoms. The highest BCUT2D eigenvalue weighted by Gasteiger charge is 2.01. The van der Waals surface area contributed by atoms with Crippen LogP contribution in [0.5, 0.6) is 5.75 Å². The third-order valence-corrected chi connectivity index (χ3v) is 3.64. The van der Waals surface area contributed by atoms with Gasteiger partial charge in [-0.15, -0.1) is 5.10 Å². The first-order valence-electron chi connectivity index (χ1n) is 6.56. The number of benzene rings is 2. The normalized spacial score (nSPS) is 11.8. The second-order valence-corrected chi connectivity index (χ2v) is 5.34. The van der Waals surface area contributed by atoms with E-state index in [9.17, 15) is 4.39 Å². The highest BCUT2D eigenvalue weighted by Crippen LogP contribution is 2.15. The van der Waals surface area contributed by atoms with Gasteiger partial charge in [-0.2, -0.15) is 5.10 Å². The van der Waals surface area contributed by atoms with Crippen molar-refractivity contribution >= 4 is 23.1 Å². The number of ether oxygens (including phenoxy) is 1. The van der Waals surface area contributed by atoms with E-state index in [1.165, 1.54) is 31.2 Å². The topological polar surface area (TPSA) is 60.0 Å². The van der Waals surface area contributed by atoms with Crippen LogP contribution in [0.3, 0.4) is 0 Å². The number of methoxy groups -OCH3 is 1. The molecule has 0 radical (unpaired) electrons. The van der Waals surface area contributed by atoms with Crippen molar-refractivity contribution in [1.82, 2.24) is 0 Å². The predicted molar refractivity (Wildman–Crippen MR) is 89.9 cm³/mol. The quantitative estimate of drug-likeness (QED) is 0.522. The Balaban J connectivity index is 1.95. The van der Waals surface area contributed by atoms with Crippen LogP contribution in [0.4, 0.5) is 4.39 Å². The summed E-state index contributed by atoms with van der Waals surface area (Å²) in [5, 5.41) is 7.98. The first-order chi connectivity index (χ1) is 10.7. The molecule has 22 heavy (non-hydrogen) atoms. The summed E-state index contributed by atoms with van der Waals surface area (Å²) in [4.78, 5) is 0. The Hall–Kier alpha value is -2.34. The van der Waals surface area contributed by atoms with E-state index in [0.29, 0.717) is 22.2 Å². The average Bonchev–Trinajstić information content (AvgIpc) is 2.55. The molecule has 0 atom stereocenters. The summed E-state index contributed by atoms with van der Waals surface area (Å²) < 4.78 is 18.6. The van der Waals surface area contributed by atoms with Crippen molar-refractivity contribution in [2.45, 2.75) is 5.75 Å². The maximum Gasteiger partial charge on any atom is 0.180 e. The van der Waals surface area contributed by atoms with Crippen LogP contribution in [0.1, 0.15) is 11.1 Å². The average molecular weight is 317 g/mol. The molecule has 0 heterocycles. The van der Waals surface area contributed by atoms with Gasteiger partial charge in [-0.3, -0.25) is 0 Å². The van der Waals surface area contributed by atoms with Crippen molar-refractivity contribution in [2.75, 3.05) is 7.11 Å². The molecule has 0 saturated heterocycles. The van der Waals surface area contributed by atoms with E-state index < -0.39 is 5.82 Å². The minimum absolute atomic E-state index is 0.295. The summed E-state index contributed by atoms with van der Waals surface area (Å²) in [7, 11) is 1.52.